The molecular weight excluding hydrogens is 487 g/mol. The zero-order chi connectivity index (χ0) is 24.9. The number of imidazole rings is 1. The Kier molecular flexibility index (Phi) is 6.06. The van der Waals surface area contributed by atoms with E-state index in [0.717, 1.165) is 12.1 Å². The van der Waals surface area contributed by atoms with E-state index in [0.29, 0.717) is 5.57 Å². The smallest absolute Gasteiger partial charge is 0.392 e. The summed E-state index contributed by atoms with van der Waals surface area (Å²) in [6, 6.07) is 2.54. The van der Waals surface area contributed by atoms with Crippen molar-refractivity contribution in [3.63, 3.8) is 0 Å². The summed E-state index contributed by atoms with van der Waals surface area (Å²) in [6.07, 6.45) is -0.0605. The molecule has 3 aromatic rings. The molecule has 0 amide bonds. The molecule has 5 rings (SSSR count). The van der Waals surface area contributed by atoms with Crippen LogP contribution in [0.15, 0.2) is 41.5 Å². The minimum absolute atomic E-state index is 0.0295. The normalized spacial score (nSPS) is 29.2. The number of phosphoric acid groups is 1. The van der Waals surface area contributed by atoms with Gasteiger partial charge in [-0.25, -0.2) is 18.3 Å². The van der Waals surface area contributed by atoms with Crippen LogP contribution in [-0.2, 0) is 18.1 Å². The highest BCUT2D eigenvalue weighted by molar-refractivity contribution is 7.48. The topological polar surface area (TPSA) is 155 Å². The summed E-state index contributed by atoms with van der Waals surface area (Å²) in [7, 11) is -4.11. The molecule has 0 radical (unpaired) electrons. The van der Waals surface area contributed by atoms with Crippen molar-refractivity contribution in [2.24, 2.45) is 5.92 Å². The number of fused-ring (bicyclic) bond motifs is 1. The van der Waals surface area contributed by atoms with Gasteiger partial charge in [-0.3, -0.25) is 23.3 Å². The summed E-state index contributed by atoms with van der Waals surface area (Å²) in [5, 5.41) is 10.7. The Bertz CT molecular complexity index is 1410. The molecule has 0 unspecified atom stereocenters. The van der Waals surface area contributed by atoms with E-state index < -0.39 is 49.2 Å². The summed E-state index contributed by atoms with van der Waals surface area (Å²) >= 11 is 0. The number of aliphatic hydroxyl groups is 1. The Labute approximate surface area is 197 Å². The van der Waals surface area contributed by atoms with Crippen LogP contribution in [0, 0.1) is 17.6 Å². The second-order valence-corrected chi connectivity index (χ2v) is 10.0. The van der Waals surface area contributed by atoms with Crippen LogP contribution in [0.2, 0.25) is 0 Å². The van der Waals surface area contributed by atoms with Crippen LogP contribution in [0.25, 0.3) is 11.2 Å². The number of anilines is 1. The van der Waals surface area contributed by atoms with Crippen molar-refractivity contribution >= 4 is 24.9 Å². The van der Waals surface area contributed by atoms with E-state index in [-0.39, 0.29) is 48.7 Å². The van der Waals surface area contributed by atoms with Gasteiger partial charge in [0.25, 0.3) is 5.56 Å². The number of aromatic nitrogens is 4. The van der Waals surface area contributed by atoms with Crippen molar-refractivity contribution in [2.75, 3.05) is 18.9 Å². The van der Waals surface area contributed by atoms with Gasteiger partial charge in [-0.1, -0.05) is 12.6 Å². The summed E-state index contributed by atoms with van der Waals surface area (Å²) in [5.41, 5.74) is 6.06. The number of nitrogens with zero attached hydrogens (tertiary/aromatic N) is 3. The quantitative estimate of drug-likeness (QED) is 0.348. The third-order valence-corrected chi connectivity index (χ3v) is 7.70. The number of nitrogens with one attached hydrogen (secondary N) is 1. The number of phosphoric ester groups is 1. The van der Waals surface area contributed by atoms with Gasteiger partial charge < -0.3 is 15.4 Å². The second kappa shape index (κ2) is 8.92. The van der Waals surface area contributed by atoms with Crippen molar-refractivity contribution in [1.82, 2.24) is 19.5 Å². The minimum atomic E-state index is -4.11. The van der Waals surface area contributed by atoms with Crippen molar-refractivity contribution in [3.8, 4) is 0 Å². The highest BCUT2D eigenvalue weighted by atomic mass is 31.2. The molecule has 2 fully saturated rings. The van der Waals surface area contributed by atoms with Gasteiger partial charge in [0.2, 0.25) is 5.95 Å². The van der Waals surface area contributed by atoms with E-state index in [1.165, 1.54) is 12.4 Å². The molecule has 186 valence electrons. The van der Waals surface area contributed by atoms with Gasteiger partial charge in [-0.15, -0.1) is 0 Å². The standard InChI is InChI=1S/C21H22F2N5O6P/c1-10-13(16(29)7-15(10)28-9-25-18-19(28)26-21(24)27-20(18)30)8-33-35(31)32-5-4-17(34-35)12-3-2-11(22)6-14(12)23/h2-3,6,9,13,15-17,29H,1,4-5,7-8H2,(H3,24,26,27,30)/t13-,15-,16-,17+,35-/m0/s1. The molecule has 1 aromatic carbocycles. The lowest BCUT2D eigenvalue weighted by molar-refractivity contribution is 0.0155. The van der Waals surface area contributed by atoms with Crippen molar-refractivity contribution < 1.29 is 32.0 Å². The summed E-state index contributed by atoms with van der Waals surface area (Å²) in [6.45, 7) is 3.77. The van der Waals surface area contributed by atoms with Gasteiger partial charge in [0, 0.05) is 24.0 Å². The fourth-order valence-electron chi connectivity index (χ4n) is 4.44. The van der Waals surface area contributed by atoms with E-state index in [1.54, 1.807) is 4.57 Å². The monoisotopic (exact) mass is 509 g/mol. The number of hydrogen-bond donors (Lipinski definition) is 3. The summed E-state index contributed by atoms with van der Waals surface area (Å²) in [4.78, 5) is 22.7. The zero-order valence-electron chi connectivity index (χ0n) is 18.3. The predicted molar refractivity (Wildman–Crippen MR) is 119 cm³/mol. The lowest BCUT2D eigenvalue weighted by Gasteiger charge is -2.30. The van der Waals surface area contributed by atoms with Gasteiger partial charge in [0.05, 0.1) is 37.8 Å². The Hall–Kier alpha value is -2.96. The minimum Gasteiger partial charge on any atom is -0.392 e. The molecule has 11 nitrogen and oxygen atoms in total. The molecule has 1 aliphatic heterocycles. The lowest BCUT2D eigenvalue weighted by Crippen LogP contribution is -2.22. The van der Waals surface area contributed by atoms with Gasteiger partial charge >= 0.3 is 7.82 Å². The van der Waals surface area contributed by atoms with Crippen molar-refractivity contribution in [2.45, 2.75) is 31.1 Å². The Morgan fingerprint density at radius 2 is 2.20 bits per heavy atom. The number of halogens is 2. The maximum Gasteiger partial charge on any atom is 0.475 e. The lowest BCUT2D eigenvalue weighted by atomic mass is 10.0. The first-order chi connectivity index (χ1) is 16.6. The Balaban J connectivity index is 1.31. The van der Waals surface area contributed by atoms with E-state index in [9.17, 15) is 23.2 Å². The molecule has 1 aliphatic carbocycles. The van der Waals surface area contributed by atoms with Gasteiger partial charge in [-0.2, -0.15) is 4.98 Å². The van der Waals surface area contributed by atoms with E-state index in [4.69, 9.17) is 19.3 Å². The fourth-order valence-corrected chi connectivity index (χ4v) is 5.84. The first-order valence-corrected chi connectivity index (χ1v) is 12.2. The molecule has 5 atom stereocenters. The number of H-pyrrole nitrogens is 1. The SMILES string of the molecule is C=C1[C@H](CO[P@]2(=O)OCC[C@H](c3ccc(F)cc3F)O2)[C@@H](O)C[C@@H]1n1cnc2c(=O)[nH]c(N)nc21. The van der Waals surface area contributed by atoms with E-state index >= 15 is 0 Å². The molecular formula is C21H22F2N5O6P. The van der Waals surface area contributed by atoms with Crippen LogP contribution in [0.1, 0.15) is 30.6 Å². The van der Waals surface area contributed by atoms with Crippen LogP contribution in [0.4, 0.5) is 14.7 Å². The number of aromatic amines is 1. The Morgan fingerprint density at radius 1 is 1.40 bits per heavy atom. The molecule has 35 heavy (non-hydrogen) atoms. The number of benzene rings is 1. The van der Waals surface area contributed by atoms with Crippen LogP contribution >= 0.6 is 7.82 Å². The molecule has 0 spiro atoms. The third kappa shape index (κ3) is 4.41. The maximum atomic E-state index is 14.2. The third-order valence-electron chi connectivity index (χ3n) is 6.23. The zero-order valence-corrected chi connectivity index (χ0v) is 19.2. The van der Waals surface area contributed by atoms with Gasteiger partial charge in [-0.05, 0) is 18.1 Å². The van der Waals surface area contributed by atoms with Crippen LogP contribution in [0.5, 0.6) is 0 Å². The molecule has 0 bridgehead atoms. The molecule has 2 aromatic heterocycles. The van der Waals surface area contributed by atoms with Crippen LogP contribution in [-0.4, -0.2) is 43.9 Å². The Morgan fingerprint density at radius 3 is 2.97 bits per heavy atom. The highest BCUT2D eigenvalue weighted by Gasteiger charge is 2.42. The second-order valence-electron chi connectivity index (χ2n) is 8.40. The molecule has 3 heterocycles. The van der Waals surface area contributed by atoms with E-state index in [1.807, 2.05) is 0 Å². The van der Waals surface area contributed by atoms with Crippen LogP contribution < -0.4 is 11.3 Å². The maximum absolute atomic E-state index is 14.2. The summed E-state index contributed by atoms with van der Waals surface area (Å²) < 4.78 is 58.2. The molecule has 1 saturated heterocycles. The molecule has 1 saturated carbocycles. The number of aliphatic hydroxyl groups excluding tert-OH is 1. The molecule has 4 N–H and O–H groups in total. The predicted octanol–water partition coefficient (Wildman–Crippen LogP) is 2.76. The number of hydrogen-bond acceptors (Lipinski definition) is 9. The van der Waals surface area contributed by atoms with Crippen molar-refractivity contribution in [1.29, 1.82) is 0 Å². The van der Waals surface area contributed by atoms with E-state index in [2.05, 4.69) is 21.5 Å². The number of nitrogen functional groups attached to an aromatic ring is 1. The van der Waals surface area contributed by atoms with Crippen molar-refractivity contribution in [3.05, 3.63) is 64.2 Å². The summed E-state index contributed by atoms with van der Waals surface area (Å²) in [5.74, 6) is -2.30. The average Bonchev–Trinajstić information content (AvgIpc) is 3.32. The number of nitrogens with two attached hydrogens (primary N) is 1. The molecule has 14 heteroatoms. The first-order valence-electron chi connectivity index (χ1n) is 10.8. The largest absolute Gasteiger partial charge is 0.475 e. The highest BCUT2D eigenvalue weighted by Crippen LogP contribution is 2.58. The fraction of sp³-hybridized carbons (Fsp3) is 0.381. The number of rotatable bonds is 5. The average molecular weight is 509 g/mol. The van der Waals surface area contributed by atoms with Crippen LogP contribution in [0.3, 0.4) is 0 Å². The first kappa shape index (κ1) is 23.8. The van der Waals surface area contributed by atoms with Gasteiger partial charge in [0.1, 0.15) is 11.6 Å². The molecule has 2 aliphatic rings. The van der Waals surface area contributed by atoms with Gasteiger partial charge in [0.15, 0.2) is 11.2 Å².